The minimum absolute atomic E-state index is 0.0135. The van der Waals surface area contributed by atoms with E-state index in [2.05, 4.69) is 148 Å². The zero-order valence-electron chi connectivity index (χ0n) is 24.4. The van der Waals surface area contributed by atoms with Crippen molar-refractivity contribution in [1.82, 2.24) is 19.9 Å². The molecule has 0 fully saturated rings. The molecular weight excluding hydrogens is 548 g/mol. The van der Waals surface area contributed by atoms with Gasteiger partial charge in [0.25, 0.3) is 0 Å². The number of pyridine rings is 2. The predicted octanol–water partition coefficient (Wildman–Crippen LogP) is 9.93. The van der Waals surface area contributed by atoms with Crippen molar-refractivity contribution in [2.75, 3.05) is 0 Å². The summed E-state index contributed by atoms with van der Waals surface area (Å²) in [7, 11) is 0. The lowest BCUT2D eigenvalue weighted by atomic mass is 9.92. The van der Waals surface area contributed by atoms with Crippen LogP contribution in [0.5, 0.6) is 0 Å². The van der Waals surface area contributed by atoms with Crippen molar-refractivity contribution in [3.63, 3.8) is 0 Å². The van der Waals surface area contributed by atoms with Gasteiger partial charge in [0.2, 0.25) is 0 Å². The van der Waals surface area contributed by atoms with Crippen molar-refractivity contribution < 1.29 is 0 Å². The molecule has 0 aliphatic carbocycles. The van der Waals surface area contributed by atoms with E-state index in [4.69, 9.17) is 4.98 Å². The number of nitrogens with zero attached hydrogens (tertiary/aromatic N) is 3. The lowest BCUT2D eigenvalue weighted by Crippen LogP contribution is -2.16. The molecule has 4 heterocycles. The van der Waals surface area contributed by atoms with E-state index in [0.717, 1.165) is 44.7 Å². The van der Waals surface area contributed by atoms with Gasteiger partial charge in [-0.3, -0.25) is 9.97 Å². The smallest absolute Gasteiger partial charge is 0.0869 e. The molecule has 0 saturated heterocycles. The summed E-state index contributed by atoms with van der Waals surface area (Å²) in [6, 6.07) is 43.5. The highest BCUT2D eigenvalue weighted by Crippen LogP contribution is 2.39. The minimum atomic E-state index is -0.0135. The highest BCUT2D eigenvalue weighted by molar-refractivity contribution is 6.12. The molecule has 0 bridgehead atoms. The molecule has 0 saturated carbocycles. The second-order valence-corrected chi connectivity index (χ2v) is 11.5. The van der Waals surface area contributed by atoms with Crippen molar-refractivity contribution in [1.29, 1.82) is 0 Å². The van der Waals surface area contributed by atoms with Crippen LogP contribution in [0.2, 0.25) is 0 Å². The Kier molecular flexibility index (Phi) is 5.85. The summed E-state index contributed by atoms with van der Waals surface area (Å²) in [6.45, 7) is 0. The number of allylic oxidation sites excluding steroid dienone is 2. The number of dihydropyridines is 1. The Labute approximate surface area is 260 Å². The monoisotopic (exact) mass is 576 g/mol. The molecule has 1 atom stereocenters. The summed E-state index contributed by atoms with van der Waals surface area (Å²) in [5, 5.41) is 10.7. The van der Waals surface area contributed by atoms with Crippen molar-refractivity contribution in [2.45, 2.75) is 6.04 Å². The molecular formula is C41H28N4. The number of hydrogen-bond donors (Lipinski definition) is 1. The van der Waals surface area contributed by atoms with Gasteiger partial charge in [-0.1, -0.05) is 91.0 Å². The first-order valence-electron chi connectivity index (χ1n) is 15.3. The Morgan fingerprint density at radius 1 is 0.600 bits per heavy atom. The number of rotatable bonds is 4. The summed E-state index contributed by atoms with van der Waals surface area (Å²) in [5.41, 5.74) is 8.84. The fraction of sp³-hybridized carbons (Fsp3) is 0.0244. The largest absolute Gasteiger partial charge is 0.379 e. The van der Waals surface area contributed by atoms with Crippen molar-refractivity contribution in [3.8, 4) is 28.1 Å². The lowest BCUT2D eigenvalue weighted by Gasteiger charge is -2.19. The quantitative estimate of drug-likeness (QED) is 0.212. The Bertz CT molecular complexity index is 2360. The van der Waals surface area contributed by atoms with Crippen LogP contribution in [-0.2, 0) is 0 Å². The van der Waals surface area contributed by atoms with Gasteiger partial charge in [0, 0.05) is 34.4 Å². The van der Waals surface area contributed by atoms with Crippen LogP contribution < -0.4 is 5.32 Å². The van der Waals surface area contributed by atoms with E-state index in [1.807, 2.05) is 24.7 Å². The second-order valence-electron chi connectivity index (χ2n) is 11.5. The summed E-state index contributed by atoms with van der Waals surface area (Å²) >= 11 is 0. The summed E-state index contributed by atoms with van der Waals surface area (Å²) in [6.07, 6.45) is 12.1. The highest BCUT2D eigenvalue weighted by atomic mass is 15.0. The fourth-order valence-corrected chi connectivity index (χ4v) is 6.82. The van der Waals surface area contributed by atoms with Crippen LogP contribution in [0.15, 0.2) is 158 Å². The second kappa shape index (κ2) is 10.3. The van der Waals surface area contributed by atoms with Crippen LogP contribution in [0.25, 0.3) is 71.4 Å². The molecule has 1 N–H and O–H groups in total. The maximum atomic E-state index is 5.32. The highest BCUT2D eigenvalue weighted by Gasteiger charge is 2.18. The molecule has 1 aliphatic rings. The first kappa shape index (κ1) is 25.5. The molecule has 4 heteroatoms. The van der Waals surface area contributed by atoms with E-state index in [0.29, 0.717) is 0 Å². The fourth-order valence-electron chi connectivity index (χ4n) is 6.82. The van der Waals surface area contributed by atoms with Crippen molar-refractivity contribution >= 4 is 43.4 Å². The average Bonchev–Trinajstić information content (AvgIpc) is 3.45. The molecule has 1 unspecified atom stereocenters. The number of hydrogen-bond acceptors (Lipinski definition) is 3. The summed E-state index contributed by atoms with van der Waals surface area (Å²) < 4.78 is 2.32. The molecule has 4 nitrogen and oxygen atoms in total. The van der Waals surface area contributed by atoms with Crippen LogP contribution in [-0.4, -0.2) is 14.5 Å². The molecule has 3 aromatic heterocycles. The lowest BCUT2D eigenvalue weighted by molar-refractivity contribution is 0.722. The van der Waals surface area contributed by atoms with Crippen LogP contribution >= 0.6 is 0 Å². The SMILES string of the molecule is C1=CNC(c2cc(-c3ccc(-n4c5ccccc5c5cnccc54)cc3)cc(-c3c4ccccc4cc4ccccc34)n2)C=C1. The Morgan fingerprint density at radius 2 is 1.31 bits per heavy atom. The van der Waals surface area contributed by atoms with Gasteiger partial charge in [0.05, 0.1) is 28.5 Å². The van der Waals surface area contributed by atoms with E-state index in [-0.39, 0.29) is 6.04 Å². The van der Waals surface area contributed by atoms with Gasteiger partial charge in [-0.15, -0.1) is 0 Å². The Balaban J connectivity index is 1.24. The molecule has 0 radical (unpaired) electrons. The minimum Gasteiger partial charge on any atom is -0.379 e. The molecule has 9 rings (SSSR count). The molecule has 8 aromatic rings. The zero-order chi connectivity index (χ0) is 29.7. The van der Waals surface area contributed by atoms with E-state index in [1.54, 1.807) is 0 Å². The maximum Gasteiger partial charge on any atom is 0.0869 e. The average molecular weight is 577 g/mol. The molecule has 212 valence electrons. The van der Waals surface area contributed by atoms with Crippen LogP contribution in [0.3, 0.4) is 0 Å². The van der Waals surface area contributed by atoms with Gasteiger partial charge in [-0.2, -0.15) is 0 Å². The third-order valence-electron chi connectivity index (χ3n) is 8.91. The predicted molar refractivity (Wildman–Crippen MR) is 186 cm³/mol. The number of benzene rings is 5. The first-order valence-corrected chi connectivity index (χ1v) is 15.3. The number of fused-ring (bicyclic) bond motifs is 5. The van der Waals surface area contributed by atoms with E-state index >= 15 is 0 Å². The number of aromatic nitrogens is 3. The van der Waals surface area contributed by atoms with Gasteiger partial charge in [0.1, 0.15) is 0 Å². The number of para-hydroxylation sites is 1. The van der Waals surface area contributed by atoms with Crippen molar-refractivity contribution in [2.24, 2.45) is 0 Å². The molecule has 5 aromatic carbocycles. The summed E-state index contributed by atoms with van der Waals surface area (Å²) in [5.74, 6) is 0. The normalized spacial score (nSPS) is 14.4. The standard InChI is InChI=1S/C41H28N4/c1-3-11-32-28(9-1)23-29-10-2-4-12-33(29)41(32)38-25-30(24-37(44-38)36-14-7-8-21-43-36)27-16-18-31(19-17-27)45-39-15-6-5-13-34(39)35-26-42-22-20-40(35)45/h1-26,36,43H. The maximum absolute atomic E-state index is 5.32. The number of nitrogens with one attached hydrogen (secondary N) is 1. The Hall–Kier alpha value is -6.00. The van der Waals surface area contributed by atoms with E-state index < -0.39 is 0 Å². The molecule has 45 heavy (non-hydrogen) atoms. The Morgan fingerprint density at radius 3 is 2.07 bits per heavy atom. The van der Waals surface area contributed by atoms with Crippen molar-refractivity contribution in [3.05, 3.63) is 164 Å². The van der Waals surface area contributed by atoms with Gasteiger partial charge >= 0.3 is 0 Å². The van der Waals surface area contributed by atoms with Gasteiger partial charge in [-0.05, 0) is 87.4 Å². The van der Waals surface area contributed by atoms with Crippen LogP contribution in [0.1, 0.15) is 11.7 Å². The van der Waals surface area contributed by atoms with Crippen LogP contribution in [0, 0.1) is 0 Å². The van der Waals surface area contributed by atoms with Gasteiger partial charge < -0.3 is 9.88 Å². The topological polar surface area (TPSA) is 42.7 Å². The zero-order valence-corrected chi connectivity index (χ0v) is 24.4. The molecule has 0 amide bonds. The third kappa shape index (κ3) is 4.22. The molecule has 0 spiro atoms. The van der Waals surface area contributed by atoms with Gasteiger partial charge in [0.15, 0.2) is 0 Å². The van der Waals surface area contributed by atoms with Gasteiger partial charge in [-0.25, -0.2) is 0 Å². The molecule has 1 aliphatic heterocycles. The van der Waals surface area contributed by atoms with E-state index in [1.165, 1.54) is 32.4 Å². The van der Waals surface area contributed by atoms with E-state index in [9.17, 15) is 0 Å². The third-order valence-corrected chi connectivity index (χ3v) is 8.91. The first-order chi connectivity index (χ1) is 22.3. The summed E-state index contributed by atoms with van der Waals surface area (Å²) in [4.78, 5) is 9.73. The van der Waals surface area contributed by atoms with Crippen LogP contribution in [0.4, 0.5) is 0 Å².